The molecule has 100 valence electrons. The SMILES string of the molecule is CC1(C(=O)Nc2ccccc2C(N)=O)CNC(=O)C1. The van der Waals surface area contributed by atoms with Gasteiger partial charge in [-0.15, -0.1) is 0 Å². The highest BCUT2D eigenvalue weighted by Gasteiger charge is 2.40. The Bertz CT molecular complexity index is 556. The van der Waals surface area contributed by atoms with Crippen LogP contribution in [0.1, 0.15) is 23.7 Å². The molecule has 6 nitrogen and oxygen atoms in total. The summed E-state index contributed by atoms with van der Waals surface area (Å²) in [6.45, 7) is 1.99. The summed E-state index contributed by atoms with van der Waals surface area (Å²) in [5.74, 6) is -1.07. The number of primary amides is 1. The van der Waals surface area contributed by atoms with Gasteiger partial charge in [-0.05, 0) is 19.1 Å². The van der Waals surface area contributed by atoms with Gasteiger partial charge in [0.25, 0.3) is 5.91 Å². The first-order valence-corrected chi connectivity index (χ1v) is 5.89. The van der Waals surface area contributed by atoms with Crippen molar-refractivity contribution in [1.29, 1.82) is 0 Å². The first kappa shape index (κ1) is 13.1. The monoisotopic (exact) mass is 261 g/mol. The van der Waals surface area contributed by atoms with E-state index in [-0.39, 0.29) is 30.3 Å². The first-order chi connectivity index (χ1) is 8.92. The fourth-order valence-electron chi connectivity index (χ4n) is 2.01. The Morgan fingerprint density at radius 2 is 2.05 bits per heavy atom. The fourth-order valence-corrected chi connectivity index (χ4v) is 2.01. The molecule has 0 bridgehead atoms. The van der Waals surface area contributed by atoms with Crippen molar-refractivity contribution < 1.29 is 14.4 Å². The van der Waals surface area contributed by atoms with E-state index in [2.05, 4.69) is 10.6 Å². The number of carbonyl (C=O) groups excluding carboxylic acids is 3. The lowest BCUT2D eigenvalue weighted by Gasteiger charge is -2.21. The molecule has 1 aliphatic rings. The Kier molecular flexibility index (Phi) is 3.25. The third kappa shape index (κ3) is 2.57. The smallest absolute Gasteiger partial charge is 0.250 e. The quantitative estimate of drug-likeness (QED) is 0.726. The van der Waals surface area contributed by atoms with Crippen molar-refractivity contribution in [1.82, 2.24) is 5.32 Å². The molecule has 1 fully saturated rings. The van der Waals surface area contributed by atoms with Gasteiger partial charge in [-0.3, -0.25) is 14.4 Å². The standard InChI is InChI=1S/C13H15N3O3/c1-13(6-10(17)15-7-13)12(19)16-9-5-3-2-4-8(9)11(14)18/h2-5H,6-7H2,1H3,(H2,14,18)(H,15,17)(H,16,19). The van der Waals surface area contributed by atoms with E-state index in [9.17, 15) is 14.4 Å². The van der Waals surface area contributed by atoms with Crippen molar-refractivity contribution >= 4 is 23.4 Å². The second-order valence-corrected chi connectivity index (χ2v) is 4.88. The van der Waals surface area contributed by atoms with E-state index >= 15 is 0 Å². The summed E-state index contributed by atoms with van der Waals surface area (Å²) < 4.78 is 0. The van der Waals surface area contributed by atoms with Crippen LogP contribution >= 0.6 is 0 Å². The molecule has 3 amide bonds. The van der Waals surface area contributed by atoms with Crippen LogP contribution in [0.2, 0.25) is 0 Å². The van der Waals surface area contributed by atoms with E-state index < -0.39 is 11.3 Å². The van der Waals surface area contributed by atoms with E-state index in [1.54, 1.807) is 31.2 Å². The number of hydrogen-bond acceptors (Lipinski definition) is 3. The van der Waals surface area contributed by atoms with Crippen molar-refractivity contribution in [3.05, 3.63) is 29.8 Å². The molecule has 4 N–H and O–H groups in total. The minimum atomic E-state index is -0.804. The molecule has 1 saturated heterocycles. The Balaban J connectivity index is 2.20. The van der Waals surface area contributed by atoms with E-state index in [4.69, 9.17) is 5.73 Å². The molecule has 0 radical (unpaired) electrons. The van der Waals surface area contributed by atoms with Crippen LogP contribution in [0.4, 0.5) is 5.69 Å². The lowest BCUT2D eigenvalue weighted by atomic mass is 9.88. The summed E-state index contributed by atoms with van der Waals surface area (Å²) in [5, 5.41) is 5.29. The second-order valence-electron chi connectivity index (χ2n) is 4.88. The van der Waals surface area contributed by atoms with Crippen LogP contribution in [0.15, 0.2) is 24.3 Å². The highest BCUT2D eigenvalue weighted by atomic mass is 16.2. The summed E-state index contributed by atoms with van der Waals surface area (Å²) in [4.78, 5) is 34.7. The third-order valence-corrected chi connectivity index (χ3v) is 3.22. The van der Waals surface area contributed by atoms with Gasteiger partial charge in [0.2, 0.25) is 11.8 Å². The van der Waals surface area contributed by atoms with Crippen molar-refractivity contribution in [3.63, 3.8) is 0 Å². The van der Waals surface area contributed by atoms with E-state index in [1.807, 2.05) is 0 Å². The molecule has 1 heterocycles. The molecule has 6 heteroatoms. The van der Waals surface area contributed by atoms with Gasteiger partial charge in [-0.1, -0.05) is 12.1 Å². The number of rotatable bonds is 3. The van der Waals surface area contributed by atoms with Crippen LogP contribution in [-0.2, 0) is 9.59 Å². The number of carbonyl (C=O) groups is 3. The van der Waals surface area contributed by atoms with Crippen LogP contribution in [-0.4, -0.2) is 24.3 Å². The van der Waals surface area contributed by atoms with Crippen molar-refractivity contribution in [2.45, 2.75) is 13.3 Å². The van der Waals surface area contributed by atoms with E-state index in [0.717, 1.165) is 0 Å². The lowest BCUT2D eigenvalue weighted by molar-refractivity contribution is -0.126. The Morgan fingerprint density at radius 3 is 2.63 bits per heavy atom. The minimum absolute atomic E-state index is 0.136. The van der Waals surface area contributed by atoms with E-state index in [1.165, 1.54) is 0 Å². The van der Waals surface area contributed by atoms with Crippen LogP contribution < -0.4 is 16.4 Å². The number of benzene rings is 1. The highest BCUT2D eigenvalue weighted by molar-refractivity contribution is 6.05. The average Bonchev–Trinajstić information content (AvgIpc) is 2.71. The minimum Gasteiger partial charge on any atom is -0.366 e. The predicted molar refractivity (Wildman–Crippen MR) is 69.3 cm³/mol. The molecule has 2 rings (SSSR count). The molecule has 0 aliphatic carbocycles. The summed E-state index contributed by atoms with van der Waals surface area (Å²) in [6, 6.07) is 6.50. The Morgan fingerprint density at radius 1 is 1.37 bits per heavy atom. The first-order valence-electron chi connectivity index (χ1n) is 5.89. The average molecular weight is 261 g/mol. The summed E-state index contributed by atoms with van der Waals surface area (Å²) in [5.41, 5.74) is 5.05. The maximum Gasteiger partial charge on any atom is 0.250 e. The van der Waals surface area contributed by atoms with Gasteiger partial charge in [0.05, 0.1) is 16.7 Å². The van der Waals surface area contributed by atoms with Crippen LogP contribution in [0.5, 0.6) is 0 Å². The van der Waals surface area contributed by atoms with Crippen LogP contribution in [0.3, 0.4) is 0 Å². The van der Waals surface area contributed by atoms with Crippen molar-refractivity contribution in [2.75, 3.05) is 11.9 Å². The van der Waals surface area contributed by atoms with E-state index in [0.29, 0.717) is 5.69 Å². The van der Waals surface area contributed by atoms with Gasteiger partial charge in [0, 0.05) is 13.0 Å². The zero-order chi connectivity index (χ0) is 14.0. The Labute approximate surface area is 110 Å². The largest absolute Gasteiger partial charge is 0.366 e. The zero-order valence-corrected chi connectivity index (χ0v) is 10.5. The number of anilines is 1. The fraction of sp³-hybridized carbons (Fsp3) is 0.308. The van der Waals surface area contributed by atoms with Crippen LogP contribution in [0.25, 0.3) is 0 Å². The molecule has 1 unspecified atom stereocenters. The van der Waals surface area contributed by atoms with Gasteiger partial charge in [0.1, 0.15) is 0 Å². The third-order valence-electron chi connectivity index (χ3n) is 3.22. The van der Waals surface area contributed by atoms with Crippen LogP contribution in [0, 0.1) is 5.41 Å². The predicted octanol–water partition coefficient (Wildman–Crippen LogP) is 0.250. The maximum atomic E-state index is 12.2. The van der Waals surface area contributed by atoms with Crippen molar-refractivity contribution in [2.24, 2.45) is 11.1 Å². The van der Waals surface area contributed by atoms with Gasteiger partial charge >= 0.3 is 0 Å². The summed E-state index contributed by atoms with van der Waals surface area (Å²) in [7, 11) is 0. The Hall–Kier alpha value is -2.37. The normalized spacial score (nSPS) is 21.8. The number of hydrogen-bond donors (Lipinski definition) is 3. The molecule has 1 aliphatic heterocycles. The molecule has 1 aromatic rings. The van der Waals surface area contributed by atoms with Gasteiger partial charge < -0.3 is 16.4 Å². The maximum absolute atomic E-state index is 12.2. The number of para-hydroxylation sites is 1. The molecule has 0 spiro atoms. The molecular formula is C13H15N3O3. The molecular weight excluding hydrogens is 246 g/mol. The van der Waals surface area contributed by atoms with Gasteiger partial charge in [-0.2, -0.15) is 0 Å². The topological polar surface area (TPSA) is 101 Å². The highest BCUT2D eigenvalue weighted by Crippen LogP contribution is 2.27. The lowest BCUT2D eigenvalue weighted by Crippen LogP contribution is -2.35. The molecule has 0 saturated carbocycles. The number of amides is 3. The summed E-state index contributed by atoms with van der Waals surface area (Å²) in [6.07, 6.45) is 0.136. The molecule has 19 heavy (non-hydrogen) atoms. The zero-order valence-electron chi connectivity index (χ0n) is 10.5. The molecule has 1 aromatic carbocycles. The second kappa shape index (κ2) is 4.72. The van der Waals surface area contributed by atoms with Crippen molar-refractivity contribution in [3.8, 4) is 0 Å². The molecule has 0 aromatic heterocycles. The molecule has 1 atom stereocenters. The summed E-state index contributed by atoms with van der Waals surface area (Å²) >= 11 is 0. The number of nitrogens with one attached hydrogen (secondary N) is 2. The number of nitrogens with two attached hydrogens (primary N) is 1. The van der Waals surface area contributed by atoms with Gasteiger partial charge in [0.15, 0.2) is 0 Å². The van der Waals surface area contributed by atoms with Gasteiger partial charge in [-0.25, -0.2) is 0 Å².